The Morgan fingerprint density at radius 3 is 0.620 bits per heavy atom. The second-order valence-corrected chi connectivity index (χ2v) is 16.5. The molecule has 8 heteroatoms. The van der Waals surface area contributed by atoms with Gasteiger partial charge in [0, 0.05) is 26.2 Å². The molecule has 0 aromatic heterocycles. The zero-order chi connectivity index (χ0) is 37.8. The van der Waals surface area contributed by atoms with Crippen molar-refractivity contribution in [3.05, 3.63) is 0 Å². The minimum atomic E-state index is 0.681. The van der Waals surface area contributed by atoms with Crippen LogP contribution in [0.5, 0.6) is 0 Å². The van der Waals surface area contributed by atoms with Gasteiger partial charge in [-0.15, -0.1) is 0 Å². The zero-order valence-corrected chi connectivity index (χ0v) is 39.1. The predicted octanol–water partition coefficient (Wildman–Crippen LogP) is 14.7. The summed E-state index contributed by atoms with van der Waals surface area (Å²) in [6, 6.07) is 0. The van der Waals surface area contributed by atoms with E-state index in [2.05, 4.69) is 37.5 Å². The topological polar surface area (TPSA) is 23.6 Å². The molecule has 0 aliphatic rings. The van der Waals surface area contributed by atoms with E-state index in [1.54, 1.807) is 0 Å². The van der Waals surface area contributed by atoms with E-state index in [0.29, 0.717) is 28.4 Å². The summed E-state index contributed by atoms with van der Waals surface area (Å²) in [6.45, 7) is 13.4. The average molecular weight is 857 g/mol. The fraction of sp³-hybridized carbons (Fsp3) is 0.952. The van der Waals surface area contributed by atoms with Crippen molar-refractivity contribution in [2.24, 2.45) is 0 Å². The van der Waals surface area contributed by atoms with Gasteiger partial charge in [0.1, 0.15) is 0 Å². The van der Waals surface area contributed by atoms with E-state index in [1.165, 1.54) is 205 Å². The van der Waals surface area contributed by atoms with E-state index in [-0.39, 0.29) is 0 Å². The van der Waals surface area contributed by atoms with Crippen molar-refractivity contribution in [2.45, 2.75) is 233 Å². The fourth-order valence-corrected chi connectivity index (χ4v) is 7.07. The summed E-state index contributed by atoms with van der Waals surface area (Å²) in [7, 11) is 0. The number of hydrogen-bond acceptors (Lipinski definition) is 5. The third-order valence-electron chi connectivity index (χ3n) is 9.64. The molecule has 0 rings (SSSR count). The van der Waals surface area contributed by atoms with Gasteiger partial charge in [0.05, 0.1) is 0 Å². The van der Waals surface area contributed by atoms with Gasteiger partial charge in [-0.25, -0.2) is 0 Å². The van der Waals surface area contributed by atoms with Crippen LogP contribution in [0.1, 0.15) is 233 Å². The van der Waals surface area contributed by atoms with Crippen molar-refractivity contribution in [1.82, 2.24) is 9.80 Å². The van der Waals surface area contributed by atoms with E-state index in [1.807, 2.05) is 0 Å². The van der Waals surface area contributed by atoms with Crippen LogP contribution < -0.4 is 0 Å². The Labute approximate surface area is 348 Å². The molecule has 0 amide bonds. The molecule has 0 radical (unpaired) electrons. The molecule has 0 spiro atoms. The Morgan fingerprint density at radius 2 is 0.480 bits per heavy atom. The average Bonchev–Trinajstić information content (AvgIpc) is 3.11. The predicted molar refractivity (Wildman–Crippen MR) is 234 cm³/mol. The molecule has 0 saturated carbocycles. The number of nitrogens with zero attached hydrogens (tertiary/aromatic N) is 2. The standard InChI is InChI=1S/2C21H43NS2.Mo.O/c2*1-3-5-7-9-11-13-15-17-19-22(21(23)24)20-18-16-14-12-10-8-6-4-2;;/h2*3-20H2,1-2H3,(H,23,24);;/q;;+2;/p-2. The number of hydrogen-bond donors (Lipinski definition) is 0. The molecule has 0 aliphatic heterocycles. The van der Waals surface area contributed by atoms with Crippen LogP contribution in [0.4, 0.5) is 0 Å². The molecule has 0 unspecified atom stereocenters. The molecule has 0 fully saturated rings. The molecule has 0 heterocycles. The first-order valence-corrected chi connectivity index (χ1v) is 24.0. The van der Waals surface area contributed by atoms with Crippen LogP contribution in [-0.2, 0) is 48.4 Å². The van der Waals surface area contributed by atoms with Gasteiger partial charge in [0.2, 0.25) is 0 Å². The van der Waals surface area contributed by atoms with Crippen LogP contribution in [0.3, 0.4) is 0 Å². The minimum absolute atomic E-state index is 0.681. The van der Waals surface area contributed by atoms with Crippen LogP contribution in [0.25, 0.3) is 0 Å². The Kier molecular flexibility index (Phi) is 54.7. The van der Waals surface area contributed by atoms with E-state index < -0.39 is 0 Å². The van der Waals surface area contributed by atoms with E-state index in [0.717, 1.165) is 26.2 Å². The second kappa shape index (κ2) is 49.7. The SMILES string of the molecule is CCCCCCCCCCN(CCCCCCCCCC)C(=S)[S-].CCCCCCCCCCN(CCCCCCCCCC)C(=S)[S-].[O]=[Mo+2]. The monoisotopic (exact) mass is 858 g/mol. The maximum absolute atomic E-state index is 8.26. The molecule has 0 atom stereocenters. The molecule has 0 aromatic rings. The van der Waals surface area contributed by atoms with Crippen molar-refractivity contribution in [1.29, 1.82) is 0 Å². The molecule has 0 saturated heterocycles. The molecule has 3 nitrogen and oxygen atoms in total. The van der Waals surface area contributed by atoms with Gasteiger partial charge < -0.3 is 59.5 Å². The number of unbranched alkanes of at least 4 members (excludes halogenated alkanes) is 28. The molecule has 298 valence electrons. The van der Waals surface area contributed by atoms with Gasteiger partial charge in [0.25, 0.3) is 0 Å². The van der Waals surface area contributed by atoms with Gasteiger partial charge in [0.15, 0.2) is 0 Å². The molecule has 50 heavy (non-hydrogen) atoms. The van der Waals surface area contributed by atoms with Crippen LogP contribution in [-0.4, -0.2) is 44.6 Å². The molecule has 0 aliphatic carbocycles. The molecule has 0 N–H and O–H groups in total. The fourth-order valence-electron chi connectivity index (χ4n) is 6.33. The van der Waals surface area contributed by atoms with Crippen molar-refractivity contribution < 1.29 is 23.2 Å². The van der Waals surface area contributed by atoms with Gasteiger partial charge in [-0.2, -0.15) is 0 Å². The number of rotatable bonds is 36. The molecule has 0 bridgehead atoms. The maximum atomic E-state index is 8.26. The van der Waals surface area contributed by atoms with Crippen molar-refractivity contribution in [3.8, 4) is 0 Å². The van der Waals surface area contributed by atoms with Crippen LogP contribution >= 0.6 is 24.4 Å². The van der Waals surface area contributed by atoms with E-state index in [9.17, 15) is 0 Å². The first kappa shape index (κ1) is 55.0. The summed E-state index contributed by atoms with van der Waals surface area (Å²) in [5, 5.41) is 0. The van der Waals surface area contributed by atoms with Gasteiger partial charge >= 0.3 is 23.2 Å². The third kappa shape index (κ3) is 46.7. The van der Waals surface area contributed by atoms with Crippen LogP contribution in [0.15, 0.2) is 0 Å². The van der Waals surface area contributed by atoms with Crippen molar-refractivity contribution in [2.75, 3.05) is 26.2 Å². The summed E-state index contributed by atoms with van der Waals surface area (Å²) >= 11 is 21.7. The quantitative estimate of drug-likeness (QED) is 0.0268. The van der Waals surface area contributed by atoms with Gasteiger partial charge in [-0.05, 0) is 25.7 Å². The summed E-state index contributed by atoms with van der Waals surface area (Å²) in [5.74, 6) is 0. The van der Waals surface area contributed by atoms with Crippen LogP contribution in [0, 0.1) is 0 Å². The normalized spacial score (nSPS) is 10.5. The van der Waals surface area contributed by atoms with Crippen LogP contribution in [0.2, 0.25) is 0 Å². The Hall–Kier alpha value is 0.708. The van der Waals surface area contributed by atoms with Gasteiger partial charge in [-0.3, -0.25) is 0 Å². The summed E-state index contributed by atoms with van der Waals surface area (Å²) < 4.78 is 9.62. The Morgan fingerprint density at radius 1 is 0.340 bits per heavy atom. The number of thiocarbonyl (C=S) groups is 2. The molecular formula is C42H84MoN2OS4. The Bertz CT molecular complexity index is 580. The zero-order valence-electron chi connectivity index (χ0n) is 33.8. The van der Waals surface area contributed by atoms with E-state index in [4.69, 9.17) is 53.1 Å². The Balaban J connectivity index is -0.000000841. The molecular weight excluding hydrogens is 773 g/mol. The summed E-state index contributed by atoms with van der Waals surface area (Å²) in [5.41, 5.74) is 0. The van der Waals surface area contributed by atoms with Gasteiger partial charge in [-0.1, -0.05) is 216 Å². The first-order chi connectivity index (χ1) is 24.4. The first-order valence-electron chi connectivity index (χ1n) is 21.5. The second-order valence-electron chi connectivity index (χ2n) is 14.4. The summed E-state index contributed by atoms with van der Waals surface area (Å²) in [4.78, 5) is 4.53. The summed E-state index contributed by atoms with van der Waals surface area (Å²) in [6.07, 6.45) is 43.7. The van der Waals surface area contributed by atoms with E-state index >= 15 is 0 Å². The van der Waals surface area contributed by atoms with Crippen molar-refractivity contribution in [3.63, 3.8) is 0 Å². The third-order valence-corrected chi connectivity index (χ3v) is 10.7. The van der Waals surface area contributed by atoms with Crippen molar-refractivity contribution >= 4 is 58.3 Å². The molecule has 0 aromatic carbocycles.